The Hall–Kier alpha value is -3.62. The van der Waals surface area contributed by atoms with Gasteiger partial charge in [-0.1, -0.05) is 59.8 Å². The number of carbonyl (C=O) groups is 1. The third kappa shape index (κ3) is 5.60. The van der Waals surface area contributed by atoms with Crippen molar-refractivity contribution < 1.29 is 9.53 Å². The molecule has 4 aromatic rings. The Balaban J connectivity index is 1.51. The summed E-state index contributed by atoms with van der Waals surface area (Å²) < 4.78 is 7.17. The van der Waals surface area contributed by atoms with E-state index in [4.69, 9.17) is 16.3 Å². The number of methoxy groups -OCH3 is 1. The van der Waals surface area contributed by atoms with Crippen LogP contribution in [0.25, 0.3) is 17.1 Å². The van der Waals surface area contributed by atoms with Crippen molar-refractivity contribution in [2.75, 3.05) is 12.9 Å². The zero-order valence-electron chi connectivity index (χ0n) is 17.7. The van der Waals surface area contributed by atoms with Gasteiger partial charge in [0, 0.05) is 21.8 Å². The molecule has 0 aliphatic carbocycles. The largest absolute Gasteiger partial charge is 0.497 e. The van der Waals surface area contributed by atoms with Crippen molar-refractivity contribution in [1.82, 2.24) is 20.2 Å². The van der Waals surface area contributed by atoms with Crippen molar-refractivity contribution in [2.24, 2.45) is 5.10 Å². The molecule has 0 spiro atoms. The molecule has 3 aromatic carbocycles. The zero-order chi connectivity index (χ0) is 23.0. The fourth-order valence-corrected chi connectivity index (χ4v) is 3.95. The Morgan fingerprint density at radius 2 is 1.79 bits per heavy atom. The van der Waals surface area contributed by atoms with E-state index in [1.165, 1.54) is 18.0 Å². The molecule has 0 saturated carbocycles. The lowest BCUT2D eigenvalue weighted by Gasteiger charge is -2.10. The maximum absolute atomic E-state index is 12.3. The fourth-order valence-electron chi connectivity index (χ4n) is 3.02. The SMILES string of the molecule is COc1ccc(-c2nnc(SCC(=O)N/N=C\c3ccccc3Cl)n2-c2ccccc2)cc1. The van der Waals surface area contributed by atoms with E-state index in [2.05, 4.69) is 20.7 Å². The van der Waals surface area contributed by atoms with Crippen molar-refractivity contribution >= 4 is 35.5 Å². The van der Waals surface area contributed by atoms with Crippen LogP contribution in [0.1, 0.15) is 5.56 Å². The first-order chi connectivity index (χ1) is 16.2. The van der Waals surface area contributed by atoms with Crippen molar-refractivity contribution in [3.63, 3.8) is 0 Å². The number of amides is 1. The monoisotopic (exact) mass is 477 g/mol. The summed E-state index contributed by atoms with van der Waals surface area (Å²) in [7, 11) is 1.62. The van der Waals surface area contributed by atoms with E-state index in [1.807, 2.05) is 77.4 Å². The molecule has 0 radical (unpaired) electrons. The quantitative estimate of drug-likeness (QED) is 0.223. The summed E-state index contributed by atoms with van der Waals surface area (Å²) in [6, 6.07) is 24.6. The van der Waals surface area contributed by atoms with E-state index in [0.29, 0.717) is 16.0 Å². The van der Waals surface area contributed by atoms with Gasteiger partial charge in [0.15, 0.2) is 11.0 Å². The maximum Gasteiger partial charge on any atom is 0.250 e. The number of nitrogens with one attached hydrogen (secondary N) is 1. The lowest BCUT2D eigenvalue weighted by molar-refractivity contribution is -0.118. The minimum atomic E-state index is -0.267. The number of thioether (sulfide) groups is 1. The summed E-state index contributed by atoms with van der Waals surface area (Å²) in [5, 5.41) is 13.9. The molecule has 0 saturated heterocycles. The van der Waals surface area contributed by atoms with Gasteiger partial charge in [0.1, 0.15) is 5.75 Å². The lowest BCUT2D eigenvalue weighted by Crippen LogP contribution is -2.20. The molecule has 1 heterocycles. The van der Waals surface area contributed by atoms with Gasteiger partial charge in [-0.3, -0.25) is 9.36 Å². The summed E-state index contributed by atoms with van der Waals surface area (Å²) in [4.78, 5) is 12.3. The molecular formula is C24H20ClN5O2S. The van der Waals surface area contributed by atoms with Crippen LogP contribution in [0.2, 0.25) is 5.02 Å². The normalized spacial score (nSPS) is 11.0. The Morgan fingerprint density at radius 1 is 1.06 bits per heavy atom. The fraction of sp³-hybridized carbons (Fsp3) is 0.0833. The molecule has 33 heavy (non-hydrogen) atoms. The number of aromatic nitrogens is 3. The molecule has 4 rings (SSSR count). The number of halogens is 1. The van der Waals surface area contributed by atoms with Crippen LogP contribution in [0.5, 0.6) is 5.75 Å². The predicted molar refractivity (Wildman–Crippen MR) is 131 cm³/mol. The number of benzene rings is 3. The van der Waals surface area contributed by atoms with Crippen molar-refractivity contribution in [3.05, 3.63) is 89.4 Å². The van der Waals surface area contributed by atoms with Crippen LogP contribution in [0.3, 0.4) is 0 Å². The molecule has 166 valence electrons. The van der Waals surface area contributed by atoms with Gasteiger partial charge in [-0.05, 0) is 42.5 Å². The van der Waals surface area contributed by atoms with Gasteiger partial charge in [-0.2, -0.15) is 5.10 Å². The molecule has 0 atom stereocenters. The van der Waals surface area contributed by atoms with Crippen molar-refractivity contribution in [3.8, 4) is 22.8 Å². The number of hydrogen-bond donors (Lipinski definition) is 1. The number of ether oxygens (including phenoxy) is 1. The second-order valence-corrected chi connectivity index (χ2v) is 8.16. The minimum Gasteiger partial charge on any atom is -0.497 e. The van der Waals surface area contributed by atoms with Gasteiger partial charge in [-0.15, -0.1) is 10.2 Å². The van der Waals surface area contributed by atoms with E-state index in [9.17, 15) is 4.79 Å². The molecule has 0 bridgehead atoms. The van der Waals surface area contributed by atoms with Crippen LogP contribution < -0.4 is 10.2 Å². The summed E-state index contributed by atoms with van der Waals surface area (Å²) in [6.45, 7) is 0. The second-order valence-electron chi connectivity index (χ2n) is 6.81. The highest BCUT2D eigenvalue weighted by molar-refractivity contribution is 7.99. The molecule has 0 aliphatic rings. The smallest absolute Gasteiger partial charge is 0.250 e. The van der Waals surface area contributed by atoms with Crippen LogP contribution in [-0.4, -0.2) is 39.7 Å². The molecule has 1 aromatic heterocycles. The maximum atomic E-state index is 12.3. The summed E-state index contributed by atoms with van der Waals surface area (Å²) in [5.74, 6) is 1.28. The van der Waals surface area contributed by atoms with Gasteiger partial charge in [0.2, 0.25) is 0 Å². The van der Waals surface area contributed by atoms with Crippen LogP contribution in [0.15, 0.2) is 89.1 Å². The number of hydrogen-bond acceptors (Lipinski definition) is 6. The molecule has 1 N–H and O–H groups in total. The van der Waals surface area contributed by atoms with Crippen LogP contribution in [0, 0.1) is 0 Å². The highest BCUT2D eigenvalue weighted by Gasteiger charge is 2.17. The standard InChI is InChI=1S/C24H20ClN5O2S/c1-32-20-13-11-17(12-14-20)23-28-29-24(30(23)19-8-3-2-4-9-19)33-16-22(31)27-26-15-18-7-5-6-10-21(18)25/h2-15H,16H2,1H3,(H,27,31)/b26-15-. The van der Waals surface area contributed by atoms with Crippen LogP contribution in [-0.2, 0) is 4.79 Å². The molecule has 0 aliphatic heterocycles. The van der Waals surface area contributed by atoms with E-state index in [0.717, 1.165) is 22.6 Å². The van der Waals surface area contributed by atoms with E-state index in [1.54, 1.807) is 13.2 Å². The summed E-state index contributed by atoms with van der Waals surface area (Å²) >= 11 is 7.37. The Labute approximate surface area is 200 Å². The molecule has 7 nitrogen and oxygen atoms in total. The van der Waals surface area contributed by atoms with Gasteiger partial charge < -0.3 is 4.74 Å². The van der Waals surface area contributed by atoms with E-state index >= 15 is 0 Å². The van der Waals surface area contributed by atoms with Crippen LogP contribution >= 0.6 is 23.4 Å². The lowest BCUT2D eigenvalue weighted by atomic mass is 10.2. The third-order valence-corrected chi connectivity index (χ3v) is 5.90. The summed E-state index contributed by atoms with van der Waals surface area (Å²) in [6.07, 6.45) is 1.51. The summed E-state index contributed by atoms with van der Waals surface area (Å²) in [5.41, 5.74) is 5.02. The first-order valence-corrected chi connectivity index (χ1v) is 11.4. The Bertz CT molecular complexity index is 1260. The average molecular weight is 478 g/mol. The van der Waals surface area contributed by atoms with Gasteiger partial charge >= 0.3 is 0 Å². The van der Waals surface area contributed by atoms with Crippen molar-refractivity contribution in [1.29, 1.82) is 0 Å². The second kappa shape index (κ2) is 10.8. The van der Waals surface area contributed by atoms with Gasteiger partial charge in [-0.25, -0.2) is 5.43 Å². The van der Waals surface area contributed by atoms with Gasteiger partial charge in [0.05, 0.1) is 19.1 Å². The first kappa shape index (κ1) is 22.6. The number of hydrazone groups is 1. The first-order valence-electron chi connectivity index (χ1n) is 10.00. The minimum absolute atomic E-state index is 0.118. The third-order valence-electron chi connectivity index (χ3n) is 4.63. The van der Waals surface area contributed by atoms with E-state index < -0.39 is 0 Å². The number of para-hydroxylation sites is 1. The number of nitrogens with zero attached hydrogens (tertiary/aromatic N) is 4. The molecule has 0 unspecified atom stereocenters. The zero-order valence-corrected chi connectivity index (χ0v) is 19.3. The molecule has 0 fully saturated rings. The molecule has 9 heteroatoms. The number of carbonyl (C=O) groups excluding carboxylic acids is 1. The molecular weight excluding hydrogens is 458 g/mol. The van der Waals surface area contributed by atoms with Crippen LogP contribution in [0.4, 0.5) is 0 Å². The number of rotatable bonds is 8. The topological polar surface area (TPSA) is 81.4 Å². The Morgan fingerprint density at radius 3 is 2.52 bits per heavy atom. The highest BCUT2D eigenvalue weighted by Crippen LogP contribution is 2.28. The van der Waals surface area contributed by atoms with E-state index in [-0.39, 0.29) is 11.7 Å². The Kier molecular flexibility index (Phi) is 7.39. The highest BCUT2D eigenvalue weighted by atomic mass is 35.5. The average Bonchev–Trinajstić information content (AvgIpc) is 3.28. The van der Waals surface area contributed by atoms with Crippen molar-refractivity contribution in [2.45, 2.75) is 5.16 Å². The predicted octanol–water partition coefficient (Wildman–Crippen LogP) is 4.84. The van der Waals surface area contributed by atoms with Gasteiger partial charge in [0.25, 0.3) is 5.91 Å². The molecule has 1 amide bonds.